The summed E-state index contributed by atoms with van der Waals surface area (Å²) in [6, 6.07) is 10.1. The molecular weight excluding hydrogens is 304 g/mol. The van der Waals surface area contributed by atoms with Crippen molar-refractivity contribution in [2.75, 3.05) is 13.1 Å². The number of rotatable bonds is 5. The number of aryl methyl sites for hydroxylation is 2. The molecule has 6 heteroatoms. The number of aromatic nitrogens is 3. The third kappa shape index (κ3) is 3.88. The summed E-state index contributed by atoms with van der Waals surface area (Å²) in [5.74, 6) is -0.0262. The first kappa shape index (κ1) is 16.4. The minimum Gasteiger partial charge on any atom is -0.336 e. The summed E-state index contributed by atoms with van der Waals surface area (Å²) < 4.78 is 1.70. The van der Waals surface area contributed by atoms with Gasteiger partial charge in [0.05, 0.1) is 6.20 Å². The maximum atomic E-state index is 12.6. The number of hydrogen-bond acceptors (Lipinski definition) is 4. The van der Waals surface area contributed by atoms with Crippen molar-refractivity contribution < 1.29 is 9.59 Å². The number of benzene rings is 1. The van der Waals surface area contributed by atoms with E-state index in [2.05, 4.69) is 22.4 Å². The second-order valence-corrected chi connectivity index (χ2v) is 6.30. The highest BCUT2D eigenvalue weighted by Crippen LogP contribution is 2.18. The van der Waals surface area contributed by atoms with Crippen LogP contribution in [-0.2, 0) is 17.8 Å². The Bertz CT molecular complexity index is 711. The van der Waals surface area contributed by atoms with Crippen LogP contribution in [0.25, 0.3) is 0 Å². The maximum Gasteiger partial charge on any atom is 0.276 e. The van der Waals surface area contributed by atoms with Gasteiger partial charge in [-0.25, -0.2) is 0 Å². The number of amides is 1. The van der Waals surface area contributed by atoms with Crippen LogP contribution >= 0.6 is 0 Å². The van der Waals surface area contributed by atoms with Crippen molar-refractivity contribution in [1.82, 2.24) is 19.9 Å². The topological polar surface area (TPSA) is 68.1 Å². The Morgan fingerprint density at radius 2 is 2.04 bits per heavy atom. The highest BCUT2D eigenvalue weighted by atomic mass is 16.2. The molecule has 1 aromatic carbocycles. The van der Waals surface area contributed by atoms with Crippen LogP contribution in [0.3, 0.4) is 0 Å². The summed E-state index contributed by atoms with van der Waals surface area (Å²) in [4.78, 5) is 25.8. The fraction of sp³-hybridized carbons (Fsp3) is 0.444. The summed E-state index contributed by atoms with van der Waals surface area (Å²) >= 11 is 0. The molecular formula is C18H22N4O2. The van der Waals surface area contributed by atoms with Gasteiger partial charge in [0, 0.05) is 25.6 Å². The van der Waals surface area contributed by atoms with E-state index in [-0.39, 0.29) is 17.6 Å². The number of nitrogens with zero attached hydrogens (tertiary/aromatic N) is 4. The first-order valence-corrected chi connectivity index (χ1v) is 8.37. The van der Waals surface area contributed by atoms with E-state index in [1.165, 1.54) is 5.56 Å². The minimum atomic E-state index is -0.132. The molecule has 0 unspecified atom stereocenters. The molecule has 1 aliphatic rings. The Morgan fingerprint density at radius 1 is 1.25 bits per heavy atom. The van der Waals surface area contributed by atoms with Crippen molar-refractivity contribution in [1.29, 1.82) is 0 Å². The zero-order valence-electron chi connectivity index (χ0n) is 13.9. The Balaban J connectivity index is 1.60. The van der Waals surface area contributed by atoms with Gasteiger partial charge in [-0.3, -0.25) is 14.3 Å². The van der Waals surface area contributed by atoms with E-state index in [9.17, 15) is 9.59 Å². The fourth-order valence-corrected chi connectivity index (χ4v) is 3.05. The van der Waals surface area contributed by atoms with E-state index in [0.717, 1.165) is 19.3 Å². The molecule has 0 bridgehead atoms. The van der Waals surface area contributed by atoms with Crippen molar-refractivity contribution in [3.05, 3.63) is 47.8 Å². The van der Waals surface area contributed by atoms with Crippen molar-refractivity contribution in [3.8, 4) is 0 Å². The van der Waals surface area contributed by atoms with Gasteiger partial charge in [0.25, 0.3) is 5.91 Å². The number of piperidine rings is 1. The van der Waals surface area contributed by atoms with Crippen molar-refractivity contribution in [2.24, 2.45) is 5.92 Å². The van der Waals surface area contributed by atoms with Gasteiger partial charge < -0.3 is 4.90 Å². The van der Waals surface area contributed by atoms with E-state index < -0.39 is 0 Å². The van der Waals surface area contributed by atoms with Crippen LogP contribution in [0, 0.1) is 5.92 Å². The molecule has 2 aromatic rings. The van der Waals surface area contributed by atoms with Crippen LogP contribution in [0.4, 0.5) is 0 Å². The largest absolute Gasteiger partial charge is 0.336 e. The highest BCUT2D eigenvalue weighted by molar-refractivity contribution is 5.92. The molecule has 1 amide bonds. The van der Waals surface area contributed by atoms with E-state index in [0.29, 0.717) is 25.3 Å². The molecule has 1 aromatic heterocycles. The van der Waals surface area contributed by atoms with Crippen LogP contribution < -0.4 is 0 Å². The third-order valence-corrected chi connectivity index (χ3v) is 4.51. The molecule has 0 N–H and O–H groups in total. The van der Waals surface area contributed by atoms with Crippen molar-refractivity contribution >= 4 is 11.7 Å². The van der Waals surface area contributed by atoms with Crippen molar-refractivity contribution in [3.63, 3.8) is 0 Å². The number of Topliss-reactive ketones (excluding diaryl/α,β-unsaturated/α-hetero) is 1. The lowest BCUT2D eigenvalue weighted by atomic mass is 9.94. The number of carbonyl (C=O) groups is 2. The number of carbonyl (C=O) groups excluding carboxylic acids is 2. The van der Waals surface area contributed by atoms with Gasteiger partial charge >= 0.3 is 0 Å². The smallest absolute Gasteiger partial charge is 0.276 e. The van der Waals surface area contributed by atoms with Crippen LogP contribution in [0.1, 0.15) is 35.8 Å². The Morgan fingerprint density at radius 3 is 2.79 bits per heavy atom. The summed E-state index contributed by atoms with van der Waals surface area (Å²) in [5, 5.41) is 8.06. The Kier molecular flexibility index (Phi) is 5.03. The van der Waals surface area contributed by atoms with Crippen molar-refractivity contribution in [2.45, 2.75) is 32.7 Å². The average molecular weight is 326 g/mol. The van der Waals surface area contributed by atoms with Gasteiger partial charge in [-0.1, -0.05) is 35.5 Å². The second-order valence-electron chi connectivity index (χ2n) is 6.30. The summed E-state index contributed by atoms with van der Waals surface area (Å²) in [6.45, 7) is 3.45. The normalized spacial score (nSPS) is 17.7. The number of ketones is 1. The lowest BCUT2D eigenvalue weighted by Gasteiger charge is -2.30. The zero-order chi connectivity index (χ0) is 16.9. The summed E-state index contributed by atoms with van der Waals surface area (Å²) in [6.07, 6.45) is 4.26. The van der Waals surface area contributed by atoms with Gasteiger partial charge in [-0.15, -0.1) is 5.10 Å². The van der Waals surface area contributed by atoms with Crippen LogP contribution in [0.15, 0.2) is 36.5 Å². The van der Waals surface area contributed by atoms with Crippen LogP contribution in [0.5, 0.6) is 0 Å². The third-order valence-electron chi connectivity index (χ3n) is 4.51. The van der Waals surface area contributed by atoms with Crippen LogP contribution in [-0.4, -0.2) is 44.7 Å². The van der Waals surface area contributed by atoms with Gasteiger partial charge in [0.15, 0.2) is 5.69 Å². The van der Waals surface area contributed by atoms with Crippen LogP contribution in [0.2, 0.25) is 0 Å². The van der Waals surface area contributed by atoms with Gasteiger partial charge in [-0.2, -0.15) is 0 Å². The molecule has 0 saturated carbocycles. The van der Waals surface area contributed by atoms with E-state index in [4.69, 9.17) is 0 Å². The summed E-state index contributed by atoms with van der Waals surface area (Å²) in [5.41, 5.74) is 1.58. The lowest BCUT2D eigenvalue weighted by Crippen LogP contribution is -2.42. The molecule has 6 nitrogen and oxygen atoms in total. The Labute approximate surface area is 141 Å². The summed E-state index contributed by atoms with van der Waals surface area (Å²) in [7, 11) is 0. The molecule has 1 aliphatic heterocycles. The molecule has 2 heterocycles. The molecule has 0 aliphatic carbocycles. The molecule has 0 spiro atoms. The number of likely N-dealkylation sites (tertiary alicyclic amines) is 1. The van der Waals surface area contributed by atoms with Gasteiger partial charge in [0.2, 0.25) is 0 Å². The second kappa shape index (κ2) is 7.38. The lowest BCUT2D eigenvalue weighted by molar-refractivity contribution is -0.122. The molecule has 24 heavy (non-hydrogen) atoms. The minimum absolute atomic E-state index is 0.0455. The average Bonchev–Trinajstić information content (AvgIpc) is 3.09. The first-order valence-electron chi connectivity index (χ1n) is 8.37. The molecule has 126 valence electrons. The maximum absolute atomic E-state index is 12.6. The van der Waals surface area contributed by atoms with E-state index >= 15 is 0 Å². The molecule has 1 saturated heterocycles. The fourth-order valence-electron chi connectivity index (χ4n) is 3.05. The molecule has 1 atom stereocenters. The van der Waals surface area contributed by atoms with E-state index in [1.54, 1.807) is 22.7 Å². The molecule has 3 rings (SSSR count). The predicted molar refractivity (Wildman–Crippen MR) is 89.5 cm³/mol. The Hall–Kier alpha value is -2.50. The zero-order valence-corrected chi connectivity index (χ0v) is 13.9. The molecule has 1 fully saturated rings. The molecule has 0 radical (unpaired) electrons. The first-order chi connectivity index (χ1) is 11.6. The monoisotopic (exact) mass is 326 g/mol. The quantitative estimate of drug-likeness (QED) is 0.842. The standard InChI is InChI=1S/C18H22N4O2/c1-14(23)16-8-5-10-21(12-16)18(24)17-13-22(20-19-17)11-9-15-6-3-2-4-7-15/h2-4,6-7,13,16H,5,8-12H2,1H3/t16-/m1/s1. The SMILES string of the molecule is CC(=O)[C@@H]1CCCN(C(=O)c2cn(CCc3ccccc3)nn2)C1. The highest BCUT2D eigenvalue weighted by Gasteiger charge is 2.28. The van der Waals surface area contributed by atoms with E-state index in [1.807, 2.05) is 18.2 Å². The predicted octanol–water partition coefficient (Wildman–Crippen LogP) is 1.96. The van der Waals surface area contributed by atoms with Gasteiger partial charge in [-0.05, 0) is 31.7 Å². The number of hydrogen-bond donors (Lipinski definition) is 0. The van der Waals surface area contributed by atoms with Gasteiger partial charge in [0.1, 0.15) is 5.78 Å².